The van der Waals surface area contributed by atoms with Gasteiger partial charge in [-0.3, -0.25) is 4.79 Å². The molecule has 0 spiro atoms. The van der Waals surface area contributed by atoms with Gasteiger partial charge >= 0.3 is 0 Å². The molecule has 1 aliphatic carbocycles. The molecule has 0 saturated heterocycles. The minimum Gasteiger partial charge on any atom is -0.345 e. The third-order valence-electron chi connectivity index (χ3n) is 4.53. The van der Waals surface area contributed by atoms with Crippen LogP contribution in [0.25, 0.3) is 0 Å². The summed E-state index contributed by atoms with van der Waals surface area (Å²) < 4.78 is 0. The molecule has 1 fully saturated rings. The van der Waals surface area contributed by atoms with E-state index in [2.05, 4.69) is 17.4 Å². The summed E-state index contributed by atoms with van der Waals surface area (Å²) in [6.45, 7) is 2.58. The Kier molecular flexibility index (Phi) is 3.56. The number of hydrogen-bond donors (Lipinski definition) is 1. The van der Waals surface area contributed by atoms with Gasteiger partial charge < -0.3 is 10.2 Å². The second-order valence-electron chi connectivity index (χ2n) is 5.90. The molecular formula is C16H22N2O. The molecule has 1 amide bonds. The smallest absolute Gasteiger partial charge is 0.231 e. The van der Waals surface area contributed by atoms with Crippen LogP contribution in [0.2, 0.25) is 0 Å². The average molecular weight is 258 g/mol. The molecule has 1 unspecified atom stereocenters. The molecule has 2 aliphatic rings. The highest BCUT2D eigenvalue weighted by Gasteiger charge is 2.30. The van der Waals surface area contributed by atoms with E-state index in [1.165, 1.54) is 30.4 Å². The van der Waals surface area contributed by atoms with Crippen LogP contribution in [-0.4, -0.2) is 30.9 Å². The van der Waals surface area contributed by atoms with Crippen LogP contribution in [-0.2, 0) is 11.3 Å². The normalized spacial score (nSPS) is 22.5. The third kappa shape index (κ3) is 2.52. The lowest BCUT2D eigenvalue weighted by atomic mass is 9.84. The fourth-order valence-electron chi connectivity index (χ4n) is 3.14. The van der Waals surface area contributed by atoms with E-state index in [1.807, 2.05) is 24.1 Å². The summed E-state index contributed by atoms with van der Waals surface area (Å²) in [6.07, 6.45) is 3.91. The predicted molar refractivity (Wildman–Crippen MR) is 75.9 cm³/mol. The van der Waals surface area contributed by atoms with Crippen molar-refractivity contribution in [2.45, 2.75) is 31.7 Å². The first-order valence-electron chi connectivity index (χ1n) is 7.29. The fourth-order valence-corrected chi connectivity index (χ4v) is 3.14. The first-order valence-corrected chi connectivity index (χ1v) is 7.29. The monoisotopic (exact) mass is 258 g/mol. The number of fused-ring (bicyclic) bond motifs is 1. The van der Waals surface area contributed by atoms with Crippen LogP contribution in [0.1, 0.15) is 36.3 Å². The minimum atomic E-state index is -0.00461. The second kappa shape index (κ2) is 5.33. The highest BCUT2D eigenvalue weighted by molar-refractivity contribution is 5.84. The standard InChI is InChI=1S/C16H22N2O/c1-18(11-12-5-4-6-12)16(19)15-10-17-9-13-7-2-3-8-14(13)15/h2-3,7-8,12,15,17H,4-6,9-11H2,1H3. The van der Waals surface area contributed by atoms with Gasteiger partial charge in [-0.2, -0.15) is 0 Å². The summed E-state index contributed by atoms with van der Waals surface area (Å²) >= 11 is 0. The van der Waals surface area contributed by atoms with Gasteiger partial charge in [0.05, 0.1) is 5.92 Å². The van der Waals surface area contributed by atoms with Crippen molar-refractivity contribution in [2.24, 2.45) is 5.92 Å². The lowest BCUT2D eigenvalue weighted by molar-refractivity contribution is -0.132. The molecule has 102 valence electrons. The second-order valence-corrected chi connectivity index (χ2v) is 5.90. The topological polar surface area (TPSA) is 32.3 Å². The number of nitrogens with zero attached hydrogens (tertiary/aromatic N) is 1. The first-order chi connectivity index (χ1) is 9.25. The van der Waals surface area contributed by atoms with Crippen molar-refractivity contribution in [1.29, 1.82) is 0 Å². The van der Waals surface area contributed by atoms with E-state index < -0.39 is 0 Å². The van der Waals surface area contributed by atoms with Gasteiger partial charge in [0.1, 0.15) is 0 Å². The van der Waals surface area contributed by atoms with E-state index in [0.717, 1.165) is 25.6 Å². The molecule has 1 atom stereocenters. The van der Waals surface area contributed by atoms with E-state index in [9.17, 15) is 4.79 Å². The molecule has 0 radical (unpaired) electrons. The van der Waals surface area contributed by atoms with Crippen molar-refractivity contribution < 1.29 is 4.79 Å². The molecule has 3 rings (SSSR count). The Bertz CT molecular complexity index is 468. The zero-order chi connectivity index (χ0) is 13.2. The maximum absolute atomic E-state index is 12.6. The van der Waals surface area contributed by atoms with Gasteiger partial charge in [0.25, 0.3) is 0 Å². The average Bonchev–Trinajstić information content (AvgIpc) is 2.41. The van der Waals surface area contributed by atoms with Crippen LogP contribution < -0.4 is 5.32 Å². The van der Waals surface area contributed by atoms with Crippen LogP contribution in [0.3, 0.4) is 0 Å². The summed E-state index contributed by atoms with van der Waals surface area (Å²) in [5.74, 6) is 1.00. The summed E-state index contributed by atoms with van der Waals surface area (Å²) in [5, 5.41) is 3.36. The van der Waals surface area contributed by atoms with Gasteiger partial charge in [-0.15, -0.1) is 0 Å². The number of carbonyl (C=O) groups excluding carboxylic acids is 1. The molecule has 1 aromatic carbocycles. The molecule has 1 aromatic rings. The predicted octanol–water partition coefficient (Wildman–Crippen LogP) is 2.13. The van der Waals surface area contributed by atoms with Gasteiger partial charge in [0.2, 0.25) is 5.91 Å². The van der Waals surface area contributed by atoms with Crippen molar-refractivity contribution in [3.63, 3.8) is 0 Å². The Morgan fingerprint density at radius 1 is 1.37 bits per heavy atom. The first kappa shape index (κ1) is 12.7. The Balaban J connectivity index is 1.73. The largest absolute Gasteiger partial charge is 0.345 e. The van der Waals surface area contributed by atoms with Gasteiger partial charge in [0, 0.05) is 26.7 Å². The Hall–Kier alpha value is -1.35. The maximum atomic E-state index is 12.6. The SMILES string of the molecule is CN(CC1CCC1)C(=O)C1CNCc2ccccc21. The number of likely N-dealkylation sites (N-methyl/N-ethyl adjacent to an activating group) is 1. The molecule has 1 aliphatic heterocycles. The van der Waals surface area contributed by atoms with Crippen molar-refractivity contribution in [2.75, 3.05) is 20.1 Å². The summed E-state index contributed by atoms with van der Waals surface area (Å²) in [5.41, 5.74) is 2.48. The quantitative estimate of drug-likeness (QED) is 0.901. The number of rotatable bonds is 3. The highest BCUT2D eigenvalue weighted by atomic mass is 16.2. The van der Waals surface area contributed by atoms with E-state index in [1.54, 1.807) is 0 Å². The lowest BCUT2D eigenvalue weighted by Crippen LogP contribution is -2.42. The fraction of sp³-hybridized carbons (Fsp3) is 0.562. The molecule has 1 heterocycles. The van der Waals surface area contributed by atoms with E-state index in [0.29, 0.717) is 0 Å². The summed E-state index contributed by atoms with van der Waals surface area (Å²) in [6, 6.07) is 8.31. The number of amides is 1. The van der Waals surface area contributed by atoms with Gasteiger partial charge in [0.15, 0.2) is 0 Å². The van der Waals surface area contributed by atoms with Crippen LogP contribution in [0.4, 0.5) is 0 Å². The number of nitrogens with one attached hydrogen (secondary N) is 1. The molecular weight excluding hydrogens is 236 g/mol. The van der Waals surface area contributed by atoms with Crippen LogP contribution in [0.15, 0.2) is 24.3 Å². The lowest BCUT2D eigenvalue weighted by Gasteiger charge is -2.33. The van der Waals surface area contributed by atoms with Gasteiger partial charge in [-0.1, -0.05) is 30.7 Å². The third-order valence-corrected chi connectivity index (χ3v) is 4.53. The zero-order valence-corrected chi connectivity index (χ0v) is 11.6. The van der Waals surface area contributed by atoms with Crippen LogP contribution >= 0.6 is 0 Å². The zero-order valence-electron chi connectivity index (χ0n) is 11.6. The molecule has 1 N–H and O–H groups in total. The molecule has 1 saturated carbocycles. The van der Waals surface area contributed by atoms with E-state index in [4.69, 9.17) is 0 Å². The molecule has 3 heteroatoms. The van der Waals surface area contributed by atoms with Crippen LogP contribution in [0.5, 0.6) is 0 Å². The number of carbonyl (C=O) groups is 1. The summed E-state index contributed by atoms with van der Waals surface area (Å²) in [7, 11) is 1.96. The van der Waals surface area contributed by atoms with Crippen molar-refractivity contribution in [1.82, 2.24) is 10.2 Å². The molecule has 19 heavy (non-hydrogen) atoms. The van der Waals surface area contributed by atoms with Crippen LogP contribution in [0, 0.1) is 5.92 Å². The number of benzene rings is 1. The molecule has 0 bridgehead atoms. The van der Waals surface area contributed by atoms with Crippen molar-refractivity contribution in [3.05, 3.63) is 35.4 Å². The Morgan fingerprint density at radius 2 is 2.16 bits per heavy atom. The number of hydrogen-bond acceptors (Lipinski definition) is 2. The van der Waals surface area contributed by atoms with E-state index in [-0.39, 0.29) is 11.8 Å². The molecule has 0 aromatic heterocycles. The summed E-state index contributed by atoms with van der Waals surface area (Å²) in [4.78, 5) is 14.6. The van der Waals surface area contributed by atoms with Gasteiger partial charge in [-0.05, 0) is 29.9 Å². The van der Waals surface area contributed by atoms with E-state index >= 15 is 0 Å². The minimum absolute atomic E-state index is 0.00461. The Morgan fingerprint density at radius 3 is 2.89 bits per heavy atom. The Labute approximate surface area is 115 Å². The van der Waals surface area contributed by atoms with Crippen molar-refractivity contribution in [3.8, 4) is 0 Å². The molecule has 3 nitrogen and oxygen atoms in total. The maximum Gasteiger partial charge on any atom is 0.231 e. The van der Waals surface area contributed by atoms with Crippen molar-refractivity contribution >= 4 is 5.91 Å². The van der Waals surface area contributed by atoms with Gasteiger partial charge in [-0.25, -0.2) is 0 Å². The highest BCUT2D eigenvalue weighted by Crippen LogP contribution is 2.29.